The van der Waals surface area contributed by atoms with Crippen LogP contribution in [0.3, 0.4) is 0 Å². The van der Waals surface area contributed by atoms with Crippen molar-refractivity contribution in [2.24, 2.45) is 0 Å². The van der Waals surface area contributed by atoms with E-state index >= 15 is 0 Å². The van der Waals surface area contributed by atoms with Gasteiger partial charge in [0.05, 0.1) is 19.6 Å². The summed E-state index contributed by atoms with van der Waals surface area (Å²) in [4.78, 5) is 14.9. The molecule has 158 valence electrons. The topological polar surface area (TPSA) is 51.9 Å². The lowest BCUT2D eigenvalue weighted by Gasteiger charge is -2.17. The van der Waals surface area contributed by atoms with Gasteiger partial charge in [-0.25, -0.2) is 0 Å². The number of fused-ring (bicyclic) bond motifs is 1. The van der Waals surface area contributed by atoms with E-state index in [1.165, 1.54) is 17.2 Å². The number of ether oxygens (including phenoxy) is 2. The van der Waals surface area contributed by atoms with Crippen LogP contribution >= 0.6 is 0 Å². The molecule has 0 saturated carbocycles. The van der Waals surface area contributed by atoms with E-state index < -0.39 is 0 Å². The molecule has 0 aliphatic heterocycles. The molecule has 0 unspecified atom stereocenters. The summed E-state index contributed by atoms with van der Waals surface area (Å²) >= 11 is 0. The van der Waals surface area contributed by atoms with Crippen molar-refractivity contribution in [2.45, 2.75) is 13.1 Å². The summed E-state index contributed by atoms with van der Waals surface area (Å²) < 4.78 is 16.6. The third kappa shape index (κ3) is 4.62. The summed E-state index contributed by atoms with van der Waals surface area (Å²) in [7, 11) is 5.20. The molecular formula is C26H25NO4. The van der Waals surface area contributed by atoms with E-state index in [0.717, 1.165) is 18.7 Å². The normalized spacial score (nSPS) is 11.1. The van der Waals surface area contributed by atoms with E-state index in [1.54, 1.807) is 26.4 Å². The van der Waals surface area contributed by atoms with E-state index in [2.05, 4.69) is 48.3 Å². The van der Waals surface area contributed by atoms with E-state index in [4.69, 9.17) is 13.9 Å². The molecule has 1 heterocycles. The van der Waals surface area contributed by atoms with Crippen molar-refractivity contribution < 1.29 is 13.9 Å². The maximum Gasteiger partial charge on any atom is 0.193 e. The summed E-state index contributed by atoms with van der Waals surface area (Å²) in [5, 5.41) is 0.459. The largest absolute Gasteiger partial charge is 0.493 e. The van der Waals surface area contributed by atoms with Crippen molar-refractivity contribution in [3.63, 3.8) is 0 Å². The van der Waals surface area contributed by atoms with Gasteiger partial charge in [0.2, 0.25) is 0 Å². The molecule has 0 saturated heterocycles. The molecule has 0 bridgehead atoms. The molecule has 5 nitrogen and oxygen atoms in total. The van der Waals surface area contributed by atoms with Gasteiger partial charge in [-0.05, 0) is 24.2 Å². The fourth-order valence-electron chi connectivity index (χ4n) is 3.66. The van der Waals surface area contributed by atoms with Crippen LogP contribution < -0.4 is 14.9 Å². The monoisotopic (exact) mass is 415 g/mol. The predicted molar refractivity (Wildman–Crippen MR) is 123 cm³/mol. The van der Waals surface area contributed by atoms with Crippen LogP contribution in [0.4, 0.5) is 0 Å². The SMILES string of the molecule is COc1cc2oc(-c3ccc(CN(C)Cc4ccccc4)cc3)cc(=O)c2cc1OC. The highest BCUT2D eigenvalue weighted by atomic mass is 16.5. The van der Waals surface area contributed by atoms with Crippen molar-refractivity contribution in [3.8, 4) is 22.8 Å². The Morgan fingerprint density at radius 1 is 0.806 bits per heavy atom. The second-order valence-corrected chi connectivity index (χ2v) is 7.53. The second kappa shape index (κ2) is 9.06. The average molecular weight is 415 g/mol. The van der Waals surface area contributed by atoms with Gasteiger partial charge in [0.25, 0.3) is 0 Å². The first-order valence-electron chi connectivity index (χ1n) is 10.1. The smallest absolute Gasteiger partial charge is 0.193 e. The Balaban J connectivity index is 1.56. The average Bonchev–Trinajstić information content (AvgIpc) is 2.79. The highest BCUT2D eigenvalue weighted by Gasteiger charge is 2.13. The molecule has 0 fully saturated rings. The molecule has 5 heteroatoms. The minimum absolute atomic E-state index is 0.121. The molecule has 3 aromatic carbocycles. The van der Waals surface area contributed by atoms with Crippen molar-refractivity contribution in [1.29, 1.82) is 0 Å². The number of methoxy groups -OCH3 is 2. The zero-order chi connectivity index (χ0) is 21.8. The van der Waals surface area contributed by atoms with Crippen molar-refractivity contribution >= 4 is 11.0 Å². The Kier molecular flexibility index (Phi) is 6.05. The molecule has 0 atom stereocenters. The molecule has 0 amide bonds. The molecule has 0 N–H and O–H groups in total. The van der Waals surface area contributed by atoms with Crippen LogP contribution in [-0.2, 0) is 13.1 Å². The van der Waals surface area contributed by atoms with Gasteiger partial charge < -0.3 is 13.9 Å². The molecule has 1 aromatic heterocycles. The van der Waals surface area contributed by atoms with Gasteiger partial charge in [-0.3, -0.25) is 9.69 Å². The minimum Gasteiger partial charge on any atom is -0.493 e. The molecule has 4 aromatic rings. The van der Waals surface area contributed by atoms with Crippen LogP contribution in [0.1, 0.15) is 11.1 Å². The minimum atomic E-state index is -0.121. The lowest BCUT2D eigenvalue weighted by Crippen LogP contribution is -2.17. The Morgan fingerprint density at radius 3 is 2.06 bits per heavy atom. The van der Waals surface area contributed by atoms with Crippen LogP contribution in [0.2, 0.25) is 0 Å². The Labute approximate surface area is 181 Å². The standard InChI is InChI=1S/C26H25NO4/c1-27(16-18-7-5-4-6-8-18)17-19-9-11-20(12-10-19)23-14-22(28)21-13-25(29-2)26(30-3)15-24(21)31-23/h4-15H,16-17H2,1-3H3. The van der Waals surface area contributed by atoms with Crippen LogP contribution in [0.25, 0.3) is 22.3 Å². The Bertz CT molecular complexity index is 1230. The maximum atomic E-state index is 12.7. The Hall–Kier alpha value is -3.57. The number of hydrogen-bond acceptors (Lipinski definition) is 5. The molecule has 31 heavy (non-hydrogen) atoms. The summed E-state index contributed by atoms with van der Waals surface area (Å²) in [6.45, 7) is 1.71. The van der Waals surface area contributed by atoms with Crippen molar-refractivity contribution in [2.75, 3.05) is 21.3 Å². The summed E-state index contributed by atoms with van der Waals surface area (Å²) in [6, 6.07) is 23.4. The van der Waals surface area contributed by atoms with Crippen molar-refractivity contribution in [1.82, 2.24) is 4.90 Å². The van der Waals surface area contributed by atoms with Gasteiger partial charge in [0, 0.05) is 30.8 Å². The number of nitrogens with zero attached hydrogens (tertiary/aromatic N) is 1. The van der Waals surface area contributed by atoms with Gasteiger partial charge in [0.15, 0.2) is 16.9 Å². The van der Waals surface area contributed by atoms with E-state index in [9.17, 15) is 4.79 Å². The number of benzene rings is 3. The van der Waals surface area contributed by atoms with Crippen LogP contribution in [0.5, 0.6) is 11.5 Å². The first kappa shape index (κ1) is 20.7. The van der Waals surface area contributed by atoms with Crippen LogP contribution in [0, 0.1) is 0 Å². The zero-order valence-electron chi connectivity index (χ0n) is 17.9. The summed E-state index contributed by atoms with van der Waals surface area (Å²) in [5.74, 6) is 1.54. The fourth-order valence-corrected chi connectivity index (χ4v) is 3.66. The Morgan fingerprint density at radius 2 is 1.42 bits per heavy atom. The molecule has 4 rings (SSSR count). The maximum absolute atomic E-state index is 12.7. The first-order valence-corrected chi connectivity index (χ1v) is 10.1. The quantitative estimate of drug-likeness (QED) is 0.420. The van der Waals surface area contributed by atoms with Gasteiger partial charge in [-0.15, -0.1) is 0 Å². The third-order valence-corrected chi connectivity index (χ3v) is 5.22. The summed E-state index contributed by atoms with van der Waals surface area (Å²) in [6.07, 6.45) is 0. The summed E-state index contributed by atoms with van der Waals surface area (Å²) in [5.41, 5.74) is 3.67. The number of hydrogen-bond donors (Lipinski definition) is 0. The molecule has 0 aliphatic carbocycles. The second-order valence-electron chi connectivity index (χ2n) is 7.53. The van der Waals surface area contributed by atoms with E-state index in [1.807, 2.05) is 18.2 Å². The van der Waals surface area contributed by atoms with Gasteiger partial charge in [-0.1, -0.05) is 54.6 Å². The third-order valence-electron chi connectivity index (χ3n) is 5.22. The zero-order valence-corrected chi connectivity index (χ0v) is 17.9. The van der Waals surface area contributed by atoms with Gasteiger partial charge >= 0.3 is 0 Å². The van der Waals surface area contributed by atoms with Gasteiger partial charge in [-0.2, -0.15) is 0 Å². The van der Waals surface area contributed by atoms with Crippen LogP contribution in [-0.4, -0.2) is 26.2 Å². The lowest BCUT2D eigenvalue weighted by atomic mass is 10.1. The number of rotatable bonds is 7. The lowest BCUT2D eigenvalue weighted by molar-refractivity contribution is 0.319. The van der Waals surface area contributed by atoms with Crippen molar-refractivity contribution in [3.05, 3.63) is 94.1 Å². The van der Waals surface area contributed by atoms with Gasteiger partial charge in [0.1, 0.15) is 11.3 Å². The first-order chi connectivity index (χ1) is 15.1. The highest BCUT2D eigenvalue weighted by molar-refractivity contribution is 5.82. The van der Waals surface area contributed by atoms with E-state index in [0.29, 0.717) is 28.2 Å². The highest BCUT2D eigenvalue weighted by Crippen LogP contribution is 2.32. The van der Waals surface area contributed by atoms with E-state index in [-0.39, 0.29) is 5.43 Å². The molecule has 0 spiro atoms. The fraction of sp³-hybridized carbons (Fsp3) is 0.192. The molecule has 0 aliphatic rings. The molecular weight excluding hydrogens is 390 g/mol. The molecule has 0 radical (unpaired) electrons. The van der Waals surface area contributed by atoms with Crippen LogP contribution in [0.15, 0.2) is 82.0 Å². The predicted octanol–water partition coefficient (Wildman–Crippen LogP) is 5.11.